The van der Waals surface area contributed by atoms with Crippen molar-refractivity contribution in [1.29, 1.82) is 0 Å². The number of aliphatic hydroxyl groups excluding tert-OH is 1. The number of halogens is 3. The van der Waals surface area contributed by atoms with Crippen molar-refractivity contribution in [2.45, 2.75) is 43.9 Å². The summed E-state index contributed by atoms with van der Waals surface area (Å²) in [5.74, 6) is -2.16. The van der Waals surface area contributed by atoms with E-state index in [4.69, 9.17) is 11.6 Å². The lowest BCUT2D eigenvalue weighted by Gasteiger charge is -2.24. The van der Waals surface area contributed by atoms with E-state index in [0.717, 1.165) is 16.9 Å². The molecule has 0 bridgehead atoms. The first kappa shape index (κ1) is 23.1. The van der Waals surface area contributed by atoms with Crippen LogP contribution < -0.4 is 5.32 Å². The number of benzene rings is 1. The molecule has 2 aromatic heterocycles. The van der Waals surface area contributed by atoms with Crippen molar-refractivity contribution in [2.24, 2.45) is 7.05 Å². The van der Waals surface area contributed by atoms with Gasteiger partial charge in [0, 0.05) is 23.2 Å². The van der Waals surface area contributed by atoms with Crippen molar-refractivity contribution < 1.29 is 23.8 Å². The van der Waals surface area contributed by atoms with Crippen LogP contribution in [0.1, 0.15) is 37.9 Å². The summed E-state index contributed by atoms with van der Waals surface area (Å²) in [7, 11) is 1.53. The van der Waals surface area contributed by atoms with Gasteiger partial charge in [0.05, 0.1) is 30.5 Å². The van der Waals surface area contributed by atoms with Gasteiger partial charge >= 0.3 is 0 Å². The quantitative estimate of drug-likeness (QED) is 0.513. The molecule has 174 valence electrons. The van der Waals surface area contributed by atoms with Gasteiger partial charge in [0.2, 0.25) is 5.82 Å². The predicted octanol–water partition coefficient (Wildman–Crippen LogP) is 2.32. The summed E-state index contributed by atoms with van der Waals surface area (Å²) in [6.07, 6.45) is 0.890. The van der Waals surface area contributed by atoms with Gasteiger partial charge in [-0.05, 0) is 48.7 Å². The molecule has 33 heavy (non-hydrogen) atoms. The minimum Gasteiger partial charge on any atom is -0.393 e. The van der Waals surface area contributed by atoms with Crippen molar-refractivity contribution >= 4 is 17.5 Å². The number of aliphatic hydroxyl groups is 2. The zero-order valence-electron chi connectivity index (χ0n) is 17.8. The average molecular weight is 479 g/mol. The van der Waals surface area contributed by atoms with Crippen LogP contribution in [0.2, 0.25) is 5.02 Å². The molecule has 1 saturated carbocycles. The number of hydrogen-bond donors (Lipinski definition) is 3. The van der Waals surface area contributed by atoms with E-state index in [2.05, 4.69) is 25.7 Å². The van der Waals surface area contributed by atoms with Crippen molar-refractivity contribution in [2.75, 3.05) is 0 Å². The molecule has 0 saturated heterocycles. The first-order chi connectivity index (χ1) is 15.6. The second kappa shape index (κ2) is 8.73. The lowest BCUT2D eigenvalue weighted by molar-refractivity contribution is -0.140. The van der Waals surface area contributed by atoms with Gasteiger partial charge in [0.1, 0.15) is 17.2 Å². The van der Waals surface area contributed by atoms with Crippen molar-refractivity contribution in [3.05, 3.63) is 46.7 Å². The highest BCUT2D eigenvalue weighted by Gasteiger charge is 2.43. The molecule has 1 fully saturated rings. The Bertz CT molecular complexity index is 1220. The fourth-order valence-electron chi connectivity index (χ4n) is 3.93. The smallest absolute Gasteiger partial charge is 0.252 e. The molecule has 1 aliphatic carbocycles. The molecule has 3 atom stereocenters. The van der Waals surface area contributed by atoms with Gasteiger partial charge in [-0.25, -0.2) is 8.78 Å². The van der Waals surface area contributed by atoms with E-state index >= 15 is 4.39 Å². The highest BCUT2D eigenvalue weighted by molar-refractivity contribution is 6.31. The molecule has 4 rings (SSSR count). The van der Waals surface area contributed by atoms with Crippen molar-refractivity contribution in [1.82, 2.24) is 30.5 Å². The van der Waals surface area contributed by atoms with Crippen molar-refractivity contribution in [3.63, 3.8) is 0 Å². The van der Waals surface area contributed by atoms with E-state index in [1.165, 1.54) is 26.2 Å². The average Bonchev–Trinajstić information content (AvgIpc) is 3.32. The minimum atomic E-state index is -1.71. The van der Waals surface area contributed by atoms with E-state index in [1.54, 1.807) is 0 Å². The molecular formula is C21H21ClF2N6O3. The predicted molar refractivity (Wildman–Crippen MR) is 114 cm³/mol. The molecular weight excluding hydrogens is 458 g/mol. The Hall–Kier alpha value is -3.02. The summed E-state index contributed by atoms with van der Waals surface area (Å²) in [6, 6.07) is 2.81. The molecule has 0 spiro atoms. The summed E-state index contributed by atoms with van der Waals surface area (Å²) < 4.78 is 29.8. The van der Waals surface area contributed by atoms with Crippen molar-refractivity contribution in [3.8, 4) is 22.5 Å². The third kappa shape index (κ3) is 4.56. The van der Waals surface area contributed by atoms with Gasteiger partial charge in [-0.3, -0.25) is 9.78 Å². The summed E-state index contributed by atoms with van der Waals surface area (Å²) in [4.78, 5) is 17.8. The maximum absolute atomic E-state index is 15.0. The third-order valence-corrected chi connectivity index (χ3v) is 5.83. The number of carbonyl (C=O) groups excluding carboxylic acids is 1. The van der Waals surface area contributed by atoms with Crippen LogP contribution in [0.15, 0.2) is 24.4 Å². The largest absolute Gasteiger partial charge is 0.393 e. The van der Waals surface area contributed by atoms with E-state index < -0.39 is 35.3 Å². The Morgan fingerprint density at radius 1 is 1.33 bits per heavy atom. The maximum atomic E-state index is 15.0. The fourth-order valence-corrected chi connectivity index (χ4v) is 4.14. The summed E-state index contributed by atoms with van der Waals surface area (Å²) in [6.45, 7) is 1.52. The molecule has 1 amide bonds. The number of amides is 1. The molecule has 0 aliphatic heterocycles. The topological polar surface area (TPSA) is 126 Å². The lowest BCUT2D eigenvalue weighted by Crippen LogP contribution is -2.46. The number of nitrogens with zero attached hydrogens (tertiary/aromatic N) is 5. The Morgan fingerprint density at radius 2 is 2.09 bits per heavy atom. The SMILES string of the molecule is C[C@@H](NC(=O)C1(O)CCC(O)C1)c1ncc(-c2cc(Cl)cc(F)c2-c2nnn(C)n2)cc1F. The number of pyridine rings is 1. The maximum Gasteiger partial charge on any atom is 0.252 e. The first-order valence-corrected chi connectivity index (χ1v) is 10.6. The van der Waals surface area contributed by atoms with Crippen LogP contribution in [0.5, 0.6) is 0 Å². The molecule has 3 N–H and O–H groups in total. The number of hydrogen-bond acceptors (Lipinski definition) is 7. The second-order valence-corrected chi connectivity index (χ2v) is 8.56. The first-order valence-electron chi connectivity index (χ1n) is 10.2. The number of aryl methyl sites for hydroxylation is 1. The highest BCUT2D eigenvalue weighted by Crippen LogP contribution is 2.36. The molecule has 1 aromatic carbocycles. The van der Waals surface area contributed by atoms with Crippen LogP contribution in [0, 0.1) is 11.6 Å². The molecule has 1 aliphatic rings. The van der Waals surface area contributed by atoms with E-state index in [9.17, 15) is 19.4 Å². The number of carbonyl (C=O) groups is 1. The molecule has 2 heterocycles. The standard InChI is InChI=1S/C21H21ClF2N6O3/c1-10(26-20(32)21(33)4-3-13(31)8-21)18-16(24)5-11(9-25-18)14-6-12(22)7-15(23)17(14)19-27-29-30(2)28-19/h5-7,9-10,13,31,33H,3-4,8H2,1-2H3,(H,26,32)/t10-,13?,21?/m1/s1. The molecule has 0 radical (unpaired) electrons. The van der Waals surface area contributed by atoms with E-state index in [-0.39, 0.29) is 46.1 Å². The summed E-state index contributed by atoms with van der Waals surface area (Å²) >= 11 is 6.02. The number of tetrazole rings is 1. The van der Waals surface area contributed by atoms with Gasteiger partial charge in [-0.2, -0.15) is 4.80 Å². The summed E-state index contributed by atoms with van der Waals surface area (Å²) in [5, 5.41) is 34.2. The van der Waals surface area contributed by atoms with Gasteiger partial charge in [0.15, 0.2) is 0 Å². The zero-order valence-corrected chi connectivity index (χ0v) is 18.5. The highest BCUT2D eigenvalue weighted by atomic mass is 35.5. The molecule has 12 heteroatoms. The molecule has 9 nitrogen and oxygen atoms in total. The Balaban J connectivity index is 1.64. The Labute approximate surface area is 192 Å². The lowest BCUT2D eigenvalue weighted by atomic mass is 9.98. The zero-order chi connectivity index (χ0) is 23.9. The van der Waals surface area contributed by atoms with Gasteiger partial charge in [-0.15, -0.1) is 10.2 Å². The van der Waals surface area contributed by atoms with Crippen LogP contribution in [-0.2, 0) is 11.8 Å². The Kier molecular flexibility index (Phi) is 6.12. The normalized spacial score (nSPS) is 21.2. The fraction of sp³-hybridized carbons (Fsp3) is 0.381. The van der Waals surface area contributed by atoms with Gasteiger partial charge in [0.25, 0.3) is 5.91 Å². The number of rotatable bonds is 5. The number of nitrogens with one attached hydrogen (secondary N) is 1. The van der Waals surface area contributed by atoms with Crippen LogP contribution in [0.4, 0.5) is 8.78 Å². The monoisotopic (exact) mass is 478 g/mol. The Morgan fingerprint density at radius 3 is 2.70 bits per heavy atom. The van der Waals surface area contributed by atoms with Crippen LogP contribution in [-0.4, -0.2) is 53.0 Å². The van der Waals surface area contributed by atoms with Crippen LogP contribution in [0.3, 0.4) is 0 Å². The van der Waals surface area contributed by atoms with Crippen LogP contribution >= 0.6 is 11.6 Å². The van der Waals surface area contributed by atoms with Gasteiger partial charge < -0.3 is 15.5 Å². The van der Waals surface area contributed by atoms with Crippen LogP contribution in [0.25, 0.3) is 22.5 Å². The molecule has 3 aromatic rings. The second-order valence-electron chi connectivity index (χ2n) is 8.13. The molecule has 2 unspecified atom stereocenters. The van der Waals surface area contributed by atoms with Gasteiger partial charge in [-0.1, -0.05) is 11.6 Å². The third-order valence-electron chi connectivity index (χ3n) is 5.61. The minimum absolute atomic E-state index is 0.00113. The van der Waals surface area contributed by atoms with E-state index in [1.807, 2.05) is 0 Å². The summed E-state index contributed by atoms with van der Waals surface area (Å²) in [5.41, 5.74) is -1.35. The number of aromatic nitrogens is 5. The van der Waals surface area contributed by atoms with E-state index in [0.29, 0.717) is 6.42 Å².